The molecule has 0 aliphatic rings. The Morgan fingerprint density at radius 2 is 1.92 bits per heavy atom. The van der Waals surface area contributed by atoms with Crippen LogP contribution in [0, 0.1) is 0 Å². The predicted octanol–water partition coefficient (Wildman–Crippen LogP) is 3.87. The van der Waals surface area contributed by atoms with Gasteiger partial charge in [-0.15, -0.1) is 6.58 Å². The van der Waals surface area contributed by atoms with Crippen LogP contribution in [-0.2, 0) is 0 Å². The average molecular weight is 238 g/mol. The third-order valence-corrected chi connectivity index (χ3v) is 2.60. The molecular weight excluding hydrogens is 230 g/mol. The van der Waals surface area contributed by atoms with Gasteiger partial charge >= 0.3 is 0 Å². The molecule has 0 radical (unpaired) electrons. The minimum absolute atomic E-state index is 0.304. The van der Waals surface area contributed by atoms with E-state index in [1.807, 2.05) is 0 Å². The molecule has 0 fully saturated rings. The van der Waals surface area contributed by atoms with Crippen LogP contribution in [0.3, 0.4) is 0 Å². The fourth-order valence-electron chi connectivity index (χ4n) is 0.918. The fraction of sp³-hybridized carbons (Fsp3) is 0.111. The predicted molar refractivity (Wildman–Crippen MR) is 56.6 cm³/mol. The van der Waals surface area contributed by atoms with Gasteiger partial charge in [0.1, 0.15) is 0 Å². The summed E-state index contributed by atoms with van der Waals surface area (Å²) in [5.41, 5.74) is 0.467. The summed E-state index contributed by atoms with van der Waals surface area (Å²) in [6.07, 6.45) is 0.511. The van der Waals surface area contributed by atoms with Crippen LogP contribution in [0.25, 0.3) is 0 Å². The molecule has 0 saturated heterocycles. The van der Waals surface area contributed by atoms with Crippen molar-refractivity contribution in [3.8, 4) is 0 Å². The summed E-state index contributed by atoms with van der Waals surface area (Å²) in [4.78, 5) is 0. The van der Waals surface area contributed by atoms with E-state index in [0.717, 1.165) is 0 Å². The van der Waals surface area contributed by atoms with Crippen molar-refractivity contribution in [2.75, 3.05) is 0 Å². The Morgan fingerprint density at radius 1 is 1.31 bits per heavy atom. The highest BCUT2D eigenvalue weighted by atomic mass is 35.5. The Kier molecular flexibility index (Phi) is 3.63. The molecule has 0 aliphatic heterocycles. The normalized spacial score (nSPS) is 12.6. The third-order valence-electron chi connectivity index (χ3n) is 1.56. The number of halogens is 3. The number of aliphatic hydroxyl groups is 1. The van der Waals surface area contributed by atoms with Gasteiger partial charge in [0.05, 0.1) is 16.1 Å². The van der Waals surface area contributed by atoms with Gasteiger partial charge in [-0.25, -0.2) is 0 Å². The van der Waals surface area contributed by atoms with E-state index in [0.29, 0.717) is 20.6 Å². The van der Waals surface area contributed by atoms with Gasteiger partial charge in [0.25, 0.3) is 0 Å². The molecule has 0 bridgehead atoms. The molecule has 0 amide bonds. The van der Waals surface area contributed by atoms with Gasteiger partial charge in [-0.05, 0) is 12.1 Å². The molecule has 0 aliphatic carbocycles. The van der Waals surface area contributed by atoms with Crippen molar-refractivity contribution in [3.63, 3.8) is 0 Å². The van der Waals surface area contributed by atoms with Crippen molar-refractivity contribution >= 4 is 34.8 Å². The van der Waals surface area contributed by atoms with Crippen molar-refractivity contribution in [2.24, 2.45) is 0 Å². The summed E-state index contributed by atoms with van der Waals surface area (Å²) < 4.78 is 0. The van der Waals surface area contributed by atoms with Gasteiger partial charge < -0.3 is 5.11 Å². The van der Waals surface area contributed by atoms with E-state index in [1.165, 1.54) is 12.1 Å². The number of aliphatic hydroxyl groups excluding tert-OH is 1. The molecule has 1 nitrogen and oxygen atoms in total. The quantitative estimate of drug-likeness (QED) is 0.611. The van der Waals surface area contributed by atoms with Gasteiger partial charge in [0.15, 0.2) is 0 Å². The lowest BCUT2D eigenvalue weighted by atomic mass is 10.1. The van der Waals surface area contributed by atoms with E-state index in [2.05, 4.69) is 6.58 Å². The molecule has 0 aromatic heterocycles. The first kappa shape index (κ1) is 10.9. The molecule has 70 valence electrons. The van der Waals surface area contributed by atoms with E-state index in [1.54, 1.807) is 6.07 Å². The zero-order chi connectivity index (χ0) is 10.0. The topological polar surface area (TPSA) is 20.2 Å². The molecule has 13 heavy (non-hydrogen) atoms. The molecule has 1 atom stereocenters. The van der Waals surface area contributed by atoms with Gasteiger partial charge in [0, 0.05) is 10.6 Å². The summed E-state index contributed by atoms with van der Waals surface area (Å²) >= 11 is 17.3. The Bertz CT molecular complexity index is 336. The highest BCUT2D eigenvalue weighted by Gasteiger charge is 2.11. The maximum atomic E-state index is 9.44. The van der Waals surface area contributed by atoms with Crippen molar-refractivity contribution in [1.82, 2.24) is 0 Å². The minimum Gasteiger partial charge on any atom is -0.384 e. The number of hydrogen-bond acceptors (Lipinski definition) is 1. The lowest BCUT2D eigenvalue weighted by Crippen LogP contribution is -1.94. The molecule has 1 rings (SSSR count). The van der Waals surface area contributed by atoms with Crippen LogP contribution in [0.2, 0.25) is 15.1 Å². The summed E-state index contributed by atoms with van der Waals surface area (Å²) in [5.74, 6) is 0. The highest BCUT2D eigenvalue weighted by molar-refractivity contribution is 6.43. The molecular formula is C9H7Cl3O. The van der Waals surface area contributed by atoms with E-state index >= 15 is 0 Å². The fourth-order valence-corrected chi connectivity index (χ4v) is 1.65. The molecule has 0 saturated carbocycles. The first-order valence-electron chi connectivity index (χ1n) is 3.51. The van der Waals surface area contributed by atoms with Crippen LogP contribution < -0.4 is 0 Å². The van der Waals surface area contributed by atoms with Crippen LogP contribution in [0.4, 0.5) is 0 Å². The maximum Gasteiger partial charge on any atom is 0.0984 e. The van der Waals surface area contributed by atoms with Crippen molar-refractivity contribution < 1.29 is 5.11 Å². The first-order valence-corrected chi connectivity index (χ1v) is 4.64. The van der Waals surface area contributed by atoms with E-state index in [-0.39, 0.29) is 0 Å². The van der Waals surface area contributed by atoms with Crippen LogP contribution >= 0.6 is 34.8 Å². The van der Waals surface area contributed by atoms with Crippen molar-refractivity contribution in [1.29, 1.82) is 0 Å². The number of rotatable bonds is 2. The standard InChI is InChI=1S/C9H7Cl3O/c1-2-8(13)6-3-5(10)4-7(11)9(6)12/h2-4,8,13H,1H2. The van der Waals surface area contributed by atoms with Gasteiger partial charge in [-0.3, -0.25) is 0 Å². The van der Waals surface area contributed by atoms with Crippen LogP contribution in [0.15, 0.2) is 24.8 Å². The SMILES string of the molecule is C=CC(O)c1cc(Cl)cc(Cl)c1Cl. The zero-order valence-electron chi connectivity index (χ0n) is 6.60. The second-order valence-corrected chi connectivity index (χ2v) is 3.69. The molecule has 1 aromatic rings. The summed E-state index contributed by atoms with van der Waals surface area (Å²) in [6.45, 7) is 3.44. The third kappa shape index (κ3) is 2.38. The van der Waals surface area contributed by atoms with Crippen molar-refractivity contribution in [2.45, 2.75) is 6.10 Å². The zero-order valence-corrected chi connectivity index (χ0v) is 8.87. The first-order chi connectivity index (χ1) is 6.06. The largest absolute Gasteiger partial charge is 0.384 e. The summed E-state index contributed by atoms with van der Waals surface area (Å²) in [5, 5.41) is 10.5. The van der Waals surface area contributed by atoms with Crippen LogP contribution in [-0.4, -0.2) is 5.11 Å². The number of benzene rings is 1. The number of hydrogen-bond donors (Lipinski definition) is 1. The molecule has 4 heteroatoms. The van der Waals surface area contributed by atoms with Gasteiger partial charge in [-0.1, -0.05) is 40.9 Å². The Morgan fingerprint density at radius 3 is 2.46 bits per heavy atom. The summed E-state index contributed by atoms with van der Waals surface area (Å²) in [7, 11) is 0. The minimum atomic E-state index is -0.844. The van der Waals surface area contributed by atoms with E-state index in [4.69, 9.17) is 34.8 Å². The Hall–Kier alpha value is -0.210. The summed E-state index contributed by atoms with van der Waals surface area (Å²) in [6, 6.07) is 3.08. The van der Waals surface area contributed by atoms with Crippen LogP contribution in [0.1, 0.15) is 11.7 Å². The second kappa shape index (κ2) is 4.34. The lowest BCUT2D eigenvalue weighted by Gasteiger charge is -2.09. The monoisotopic (exact) mass is 236 g/mol. The maximum absolute atomic E-state index is 9.44. The van der Waals surface area contributed by atoms with Crippen LogP contribution in [0.5, 0.6) is 0 Å². The average Bonchev–Trinajstić information content (AvgIpc) is 2.10. The Labute approximate surface area is 91.5 Å². The second-order valence-electron chi connectivity index (χ2n) is 2.47. The van der Waals surface area contributed by atoms with E-state index < -0.39 is 6.10 Å². The molecule has 0 spiro atoms. The van der Waals surface area contributed by atoms with Gasteiger partial charge in [-0.2, -0.15) is 0 Å². The molecule has 0 heterocycles. The lowest BCUT2D eigenvalue weighted by molar-refractivity contribution is 0.229. The van der Waals surface area contributed by atoms with Gasteiger partial charge in [0.2, 0.25) is 0 Å². The smallest absolute Gasteiger partial charge is 0.0984 e. The molecule has 1 aromatic carbocycles. The molecule has 1 N–H and O–H groups in total. The highest BCUT2D eigenvalue weighted by Crippen LogP contribution is 2.33. The van der Waals surface area contributed by atoms with E-state index in [9.17, 15) is 5.11 Å². The van der Waals surface area contributed by atoms with Crippen molar-refractivity contribution in [3.05, 3.63) is 45.4 Å². The molecule has 1 unspecified atom stereocenters. The Balaban J connectivity index is 3.27.